The number of rotatable bonds is 3. The van der Waals surface area contributed by atoms with Gasteiger partial charge in [0, 0.05) is 18.7 Å². The molecule has 0 aliphatic rings. The van der Waals surface area contributed by atoms with Crippen LogP contribution in [0.3, 0.4) is 0 Å². The van der Waals surface area contributed by atoms with E-state index in [0.29, 0.717) is 6.54 Å². The van der Waals surface area contributed by atoms with Crippen molar-refractivity contribution in [3.8, 4) is 0 Å². The van der Waals surface area contributed by atoms with E-state index in [1.807, 2.05) is 0 Å². The van der Waals surface area contributed by atoms with Crippen molar-refractivity contribution in [3.63, 3.8) is 0 Å². The zero-order chi connectivity index (χ0) is 10.8. The number of fused-ring (bicyclic) bond motifs is 1. The van der Waals surface area contributed by atoms with Crippen LogP contribution in [-0.2, 0) is 13.0 Å². The van der Waals surface area contributed by atoms with Crippen LogP contribution in [0.25, 0.3) is 5.52 Å². The minimum atomic E-state index is 0.511. The first-order valence-corrected chi connectivity index (χ1v) is 5.43. The smallest absolute Gasteiger partial charge is 0.113 e. The maximum Gasteiger partial charge on any atom is 0.113 e. The van der Waals surface area contributed by atoms with E-state index >= 15 is 0 Å². The second-order valence-electron chi connectivity index (χ2n) is 3.82. The van der Waals surface area contributed by atoms with Crippen LogP contribution < -0.4 is 5.73 Å². The number of aromatic nitrogens is 2. The van der Waals surface area contributed by atoms with Crippen molar-refractivity contribution in [2.75, 3.05) is 0 Å². The van der Waals surface area contributed by atoms with Crippen molar-refractivity contribution < 1.29 is 0 Å². The van der Waals surface area contributed by atoms with E-state index < -0.39 is 0 Å². The molecule has 0 aromatic carbocycles. The average molecular weight is 203 g/mol. The zero-order valence-corrected chi connectivity index (χ0v) is 9.33. The first kappa shape index (κ1) is 10.2. The molecule has 0 bridgehead atoms. The predicted molar refractivity (Wildman–Crippen MR) is 61.8 cm³/mol. The Balaban J connectivity index is 2.70. The molecule has 3 heteroatoms. The lowest BCUT2D eigenvalue weighted by Gasteiger charge is -2.03. The minimum absolute atomic E-state index is 0.511. The molecule has 80 valence electrons. The maximum absolute atomic E-state index is 5.70. The topological polar surface area (TPSA) is 43.3 Å². The van der Waals surface area contributed by atoms with Gasteiger partial charge in [0.25, 0.3) is 0 Å². The quantitative estimate of drug-likeness (QED) is 0.829. The van der Waals surface area contributed by atoms with Crippen molar-refractivity contribution in [1.82, 2.24) is 9.38 Å². The van der Waals surface area contributed by atoms with E-state index in [-0.39, 0.29) is 0 Å². The molecule has 0 unspecified atom stereocenters. The Morgan fingerprint density at radius 1 is 1.40 bits per heavy atom. The fourth-order valence-corrected chi connectivity index (χ4v) is 1.99. The Morgan fingerprint density at radius 2 is 2.20 bits per heavy atom. The fourth-order valence-electron chi connectivity index (χ4n) is 1.99. The lowest BCUT2D eigenvalue weighted by atomic mass is 10.3. The second-order valence-corrected chi connectivity index (χ2v) is 3.82. The largest absolute Gasteiger partial charge is 0.325 e. The molecular formula is C12H17N3. The molecule has 2 aromatic heterocycles. The number of hydrogen-bond donors (Lipinski definition) is 1. The van der Waals surface area contributed by atoms with E-state index in [4.69, 9.17) is 5.73 Å². The van der Waals surface area contributed by atoms with Gasteiger partial charge in [-0.05, 0) is 25.5 Å². The summed E-state index contributed by atoms with van der Waals surface area (Å²) in [6.07, 6.45) is 2.11. The Bertz CT molecular complexity index is 471. The summed E-state index contributed by atoms with van der Waals surface area (Å²) in [6, 6.07) is 6.25. The zero-order valence-electron chi connectivity index (χ0n) is 9.33. The van der Waals surface area contributed by atoms with Crippen LogP contribution in [0.5, 0.6) is 0 Å². The van der Waals surface area contributed by atoms with Crippen LogP contribution in [0, 0.1) is 6.92 Å². The number of aryl methyl sites for hydroxylation is 2. The van der Waals surface area contributed by atoms with Gasteiger partial charge < -0.3 is 10.1 Å². The van der Waals surface area contributed by atoms with Crippen LogP contribution in [0.15, 0.2) is 18.2 Å². The standard InChI is InChI=1S/C12H17N3/c1-3-5-12-14-10(8-13)11-7-4-6-9(2)15(11)12/h4,6-7H,3,5,8,13H2,1-2H3. The summed E-state index contributed by atoms with van der Waals surface area (Å²) in [5, 5.41) is 0. The Kier molecular flexibility index (Phi) is 2.73. The van der Waals surface area contributed by atoms with E-state index in [0.717, 1.165) is 29.9 Å². The first-order chi connectivity index (χ1) is 7.27. The third-order valence-electron chi connectivity index (χ3n) is 2.67. The second kappa shape index (κ2) is 4.03. The number of pyridine rings is 1. The highest BCUT2D eigenvalue weighted by Gasteiger charge is 2.09. The van der Waals surface area contributed by atoms with Gasteiger partial charge in [0.1, 0.15) is 5.82 Å². The summed E-state index contributed by atoms with van der Waals surface area (Å²) < 4.78 is 2.21. The van der Waals surface area contributed by atoms with E-state index in [1.165, 1.54) is 5.69 Å². The predicted octanol–water partition coefficient (Wildman–Crippen LogP) is 2.05. The first-order valence-electron chi connectivity index (χ1n) is 5.43. The molecule has 2 aromatic rings. The molecule has 0 saturated carbocycles. The van der Waals surface area contributed by atoms with Crippen molar-refractivity contribution in [2.24, 2.45) is 5.73 Å². The lowest BCUT2D eigenvalue weighted by molar-refractivity contribution is 0.815. The van der Waals surface area contributed by atoms with Crippen LogP contribution in [0.2, 0.25) is 0 Å². The monoisotopic (exact) mass is 203 g/mol. The summed E-state index contributed by atoms with van der Waals surface area (Å²) in [5.74, 6) is 1.13. The molecular weight excluding hydrogens is 186 g/mol. The van der Waals surface area contributed by atoms with Crippen molar-refractivity contribution in [2.45, 2.75) is 33.2 Å². The van der Waals surface area contributed by atoms with E-state index in [9.17, 15) is 0 Å². The summed E-state index contributed by atoms with van der Waals surface area (Å²) in [6.45, 7) is 4.78. The third kappa shape index (κ3) is 1.63. The lowest BCUT2D eigenvalue weighted by Crippen LogP contribution is -1.97. The molecule has 15 heavy (non-hydrogen) atoms. The summed E-state index contributed by atoms with van der Waals surface area (Å²) >= 11 is 0. The highest BCUT2D eigenvalue weighted by atomic mass is 15.0. The van der Waals surface area contributed by atoms with Gasteiger partial charge in [-0.15, -0.1) is 0 Å². The number of nitrogens with zero attached hydrogens (tertiary/aromatic N) is 2. The number of hydrogen-bond acceptors (Lipinski definition) is 2. The van der Waals surface area contributed by atoms with Crippen molar-refractivity contribution in [3.05, 3.63) is 35.4 Å². The highest BCUT2D eigenvalue weighted by molar-refractivity contribution is 5.54. The van der Waals surface area contributed by atoms with Crippen molar-refractivity contribution >= 4 is 5.52 Å². The van der Waals surface area contributed by atoms with Gasteiger partial charge in [0.05, 0.1) is 11.2 Å². The third-order valence-corrected chi connectivity index (χ3v) is 2.67. The minimum Gasteiger partial charge on any atom is -0.325 e. The van der Waals surface area contributed by atoms with Gasteiger partial charge in [-0.2, -0.15) is 0 Å². The normalized spacial score (nSPS) is 11.1. The van der Waals surface area contributed by atoms with Crippen molar-refractivity contribution in [1.29, 1.82) is 0 Å². The van der Waals surface area contributed by atoms with Crippen LogP contribution >= 0.6 is 0 Å². The number of imidazole rings is 1. The van der Waals surface area contributed by atoms with Crippen LogP contribution in [-0.4, -0.2) is 9.38 Å². The molecule has 0 aliphatic carbocycles. The molecule has 0 fully saturated rings. The van der Waals surface area contributed by atoms with Gasteiger partial charge in [-0.25, -0.2) is 4.98 Å². The van der Waals surface area contributed by atoms with Gasteiger partial charge in [0.15, 0.2) is 0 Å². The Hall–Kier alpha value is -1.35. The Morgan fingerprint density at radius 3 is 2.87 bits per heavy atom. The molecule has 0 spiro atoms. The molecule has 0 amide bonds. The number of nitrogens with two attached hydrogens (primary N) is 1. The highest BCUT2D eigenvalue weighted by Crippen LogP contribution is 2.16. The van der Waals surface area contributed by atoms with Gasteiger partial charge in [-0.3, -0.25) is 0 Å². The Labute approximate surface area is 89.9 Å². The van der Waals surface area contributed by atoms with Gasteiger partial charge in [0.2, 0.25) is 0 Å². The van der Waals surface area contributed by atoms with E-state index in [2.05, 4.69) is 41.4 Å². The summed E-state index contributed by atoms with van der Waals surface area (Å²) in [5.41, 5.74) is 9.08. The molecule has 0 saturated heterocycles. The molecule has 0 radical (unpaired) electrons. The maximum atomic E-state index is 5.70. The molecule has 2 rings (SSSR count). The summed E-state index contributed by atoms with van der Waals surface area (Å²) in [7, 11) is 0. The van der Waals surface area contributed by atoms with Crippen LogP contribution in [0.4, 0.5) is 0 Å². The molecule has 0 aliphatic heterocycles. The molecule has 0 atom stereocenters. The van der Waals surface area contributed by atoms with E-state index in [1.54, 1.807) is 0 Å². The molecule has 2 N–H and O–H groups in total. The molecule has 2 heterocycles. The SMILES string of the molecule is CCCc1nc(CN)c2cccc(C)n12. The van der Waals surface area contributed by atoms with Gasteiger partial charge >= 0.3 is 0 Å². The molecule has 3 nitrogen and oxygen atoms in total. The average Bonchev–Trinajstić information content (AvgIpc) is 2.59. The van der Waals surface area contributed by atoms with Gasteiger partial charge in [-0.1, -0.05) is 13.0 Å². The fraction of sp³-hybridized carbons (Fsp3) is 0.417. The summed E-state index contributed by atoms with van der Waals surface area (Å²) in [4.78, 5) is 4.60. The van der Waals surface area contributed by atoms with Crippen LogP contribution in [0.1, 0.15) is 30.6 Å².